The molecule has 0 saturated carbocycles. The second-order valence-corrected chi connectivity index (χ2v) is 6.05. The average molecular weight is 282 g/mol. The first kappa shape index (κ1) is 14.0. The molecular weight excluding hydrogens is 264 g/mol. The summed E-state index contributed by atoms with van der Waals surface area (Å²) >= 11 is 0. The zero-order valence-electron chi connectivity index (χ0n) is 10.8. The van der Waals surface area contributed by atoms with E-state index in [4.69, 9.17) is 4.74 Å². The Balaban J connectivity index is 1.77. The second kappa shape index (κ2) is 6.68. The van der Waals surface area contributed by atoms with Gasteiger partial charge in [0.1, 0.15) is 11.5 Å². The normalized spacial score (nSPS) is 16.5. The van der Waals surface area contributed by atoms with Gasteiger partial charge in [0.25, 0.3) is 0 Å². The summed E-state index contributed by atoms with van der Waals surface area (Å²) in [4.78, 5) is 11.7. The highest BCUT2D eigenvalue weighted by Gasteiger charge is 2.20. The van der Waals surface area contributed by atoms with Gasteiger partial charge in [-0.3, -0.25) is 9.00 Å². The highest BCUT2D eigenvalue weighted by atomic mass is 32.2. The van der Waals surface area contributed by atoms with Gasteiger partial charge in [0.15, 0.2) is 0 Å². The van der Waals surface area contributed by atoms with E-state index in [1.165, 1.54) is 0 Å². The molecule has 6 heteroatoms. The summed E-state index contributed by atoms with van der Waals surface area (Å²) in [5, 5.41) is 5.85. The van der Waals surface area contributed by atoms with Gasteiger partial charge in [-0.15, -0.1) is 0 Å². The minimum absolute atomic E-state index is 0.0581. The smallest absolute Gasteiger partial charge is 0.236 e. The number of anilines is 1. The zero-order chi connectivity index (χ0) is 13.7. The lowest BCUT2D eigenvalue weighted by molar-refractivity contribution is -0.113. The van der Waals surface area contributed by atoms with Gasteiger partial charge in [-0.2, -0.15) is 0 Å². The summed E-state index contributed by atoms with van der Waals surface area (Å²) in [5.74, 6) is 1.63. The molecule has 19 heavy (non-hydrogen) atoms. The van der Waals surface area contributed by atoms with Crippen LogP contribution >= 0.6 is 0 Å². The third-order valence-corrected chi connectivity index (χ3v) is 4.38. The van der Waals surface area contributed by atoms with E-state index in [1.807, 2.05) is 0 Å². The average Bonchev–Trinajstić information content (AvgIpc) is 2.35. The van der Waals surface area contributed by atoms with E-state index in [2.05, 4.69) is 10.6 Å². The van der Waals surface area contributed by atoms with Crippen LogP contribution in [0.2, 0.25) is 0 Å². The molecule has 0 spiro atoms. The van der Waals surface area contributed by atoms with Crippen molar-refractivity contribution in [2.75, 3.05) is 37.0 Å². The van der Waals surface area contributed by atoms with Crippen molar-refractivity contribution in [3.63, 3.8) is 0 Å². The Labute approximate surface area is 115 Å². The largest absolute Gasteiger partial charge is 0.497 e. The lowest BCUT2D eigenvalue weighted by atomic mass is 10.1. The molecule has 0 bridgehead atoms. The van der Waals surface area contributed by atoms with E-state index in [9.17, 15) is 9.00 Å². The van der Waals surface area contributed by atoms with Gasteiger partial charge in [0.05, 0.1) is 7.11 Å². The molecule has 1 aromatic rings. The van der Waals surface area contributed by atoms with Crippen LogP contribution in [0.3, 0.4) is 0 Å². The number of ether oxygens (including phenoxy) is 1. The summed E-state index contributed by atoms with van der Waals surface area (Å²) in [7, 11) is 0.504. The van der Waals surface area contributed by atoms with Crippen LogP contribution < -0.4 is 15.4 Å². The van der Waals surface area contributed by atoms with Crippen LogP contribution in [0.25, 0.3) is 0 Å². The van der Waals surface area contributed by atoms with Crippen LogP contribution in [0.5, 0.6) is 5.75 Å². The van der Waals surface area contributed by atoms with Gasteiger partial charge < -0.3 is 15.4 Å². The fourth-order valence-electron chi connectivity index (χ4n) is 1.81. The number of benzene rings is 1. The van der Waals surface area contributed by atoms with E-state index in [0.29, 0.717) is 17.4 Å². The quantitative estimate of drug-likeness (QED) is 0.802. The van der Waals surface area contributed by atoms with Gasteiger partial charge in [-0.25, -0.2) is 0 Å². The number of hydrogen-bond acceptors (Lipinski definition) is 4. The molecule has 5 nitrogen and oxygen atoms in total. The van der Waals surface area contributed by atoms with E-state index in [0.717, 1.165) is 18.8 Å². The Morgan fingerprint density at radius 2 is 2.11 bits per heavy atom. The maximum Gasteiger partial charge on any atom is 0.236 e. The first-order valence-electron chi connectivity index (χ1n) is 6.17. The summed E-state index contributed by atoms with van der Waals surface area (Å²) < 4.78 is 16.8. The zero-order valence-corrected chi connectivity index (χ0v) is 11.7. The molecule has 1 heterocycles. The van der Waals surface area contributed by atoms with E-state index in [1.54, 1.807) is 31.4 Å². The maximum absolute atomic E-state index is 11.7. The number of amides is 1. The molecule has 1 aliphatic heterocycles. The highest BCUT2D eigenvalue weighted by molar-refractivity contribution is 7.85. The Hall–Kier alpha value is -1.40. The Bertz CT molecular complexity index is 457. The first-order valence-corrected chi connectivity index (χ1v) is 7.66. The van der Waals surface area contributed by atoms with Gasteiger partial charge >= 0.3 is 0 Å². The minimum atomic E-state index is -1.09. The summed E-state index contributed by atoms with van der Waals surface area (Å²) in [6.07, 6.45) is 0. The van der Waals surface area contributed by atoms with Crippen molar-refractivity contribution < 1.29 is 13.7 Å². The molecule has 2 rings (SSSR count). The molecule has 1 saturated heterocycles. The molecule has 1 unspecified atom stereocenters. The molecule has 0 aromatic heterocycles. The highest BCUT2D eigenvalue weighted by Crippen LogP contribution is 2.15. The number of carbonyl (C=O) groups is 1. The number of nitrogens with one attached hydrogen (secondary N) is 2. The van der Waals surface area contributed by atoms with Crippen molar-refractivity contribution in [1.29, 1.82) is 0 Å². The number of rotatable bonds is 6. The van der Waals surface area contributed by atoms with Crippen LogP contribution in [0.4, 0.5) is 5.69 Å². The van der Waals surface area contributed by atoms with Gasteiger partial charge in [0.2, 0.25) is 5.91 Å². The number of methoxy groups -OCH3 is 1. The summed E-state index contributed by atoms with van der Waals surface area (Å²) in [6, 6.07) is 7.06. The predicted molar refractivity (Wildman–Crippen MR) is 75.9 cm³/mol. The topological polar surface area (TPSA) is 67.4 Å². The van der Waals surface area contributed by atoms with Crippen LogP contribution in [0.15, 0.2) is 24.3 Å². The molecule has 2 N–H and O–H groups in total. The molecule has 104 valence electrons. The van der Waals surface area contributed by atoms with Crippen molar-refractivity contribution >= 4 is 22.4 Å². The Morgan fingerprint density at radius 3 is 2.63 bits per heavy atom. The van der Waals surface area contributed by atoms with Crippen molar-refractivity contribution in [2.24, 2.45) is 5.92 Å². The van der Waals surface area contributed by atoms with Gasteiger partial charge in [-0.1, -0.05) is 0 Å². The van der Waals surface area contributed by atoms with Crippen LogP contribution in [-0.4, -0.2) is 41.8 Å². The van der Waals surface area contributed by atoms with E-state index >= 15 is 0 Å². The van der Waals surface area contributed by atoms with Crippen molar-refractivity contribution in [3.8, 4) is 5.75 Å². The molecular formula is C13H18N2O3S. The van der Waals surface area contributed by atoms with Crippen molar-refractivity contribution in [2.45, 2.75) is 0 Å². The van der Waals surface area contributed by atoms with Crippen LogP contribution in [0, 0.1) is 5.92 Å². The minimum Gasteiger partial charge on any atom is -0.497 e. The molecule has 1 atom stereocenters. The van der Waals surface area contributed by atoms with Gasteiger partial charge in [0, 0.05) is 35.3 Å². The monoisotopic (exact) mass is 282 g/mol. The summed E-state index contributed by atoms with van der Waals surface area (Å²) in [6.45, 7) is 1.82. The van der Waals surface area contributed by atoms with Gasteiger partial charge in [-0.05, 0) is 30.2 Å². The standard InChI is InChI=1S/C13H18N2O3S/c1-18-12-4-2-11(3-5-12)15-13(16)9-19(17)8-10-6-14-7-10/h2-5,10,14H,6-9H2,1H3,(H,15,16). The number of carbonyl (C=O) groups excluding carboxylic acids is 1. The van der Waals surface area contributed by atoms with Crippen LogP contribution in [0.1, 0.15) is 0 Å². The molecule has 0 aliphatic carbocycles. The Kier molecular flexibility index (Phi) is 4.93. The lowest BCUT2D eigenvalue weighted by Gasteiger charge is -2.26. The molecule has 0 radical (unpaired) electrons. The number of hydrogen-bond donors (Lipinski definition) is 2. The Morgan fingerprint density at radius 1 is 1.42 bits per heavy atom. The first-order chi connectivity index (χ1) is 9.17. The van der Waals surface area contributed by atoms with E-state index in [-0.39, 0.29) is 11.7 Å². The third kappa shape index (κ3) is 4.33. The predicted octanol–water partition coefficient (Wildman–Crippen LogP) is 0.602. The molecule has 1 amide bonds. The third-order valence-electron chi connectivity index (χ3n) is 2.95. The fourth-order valence-corrected chi connectivity index (χ4v) is 3.05. The van der Waals surface area contributed by atoms with Crippen LogP contribution in [-0.2, 0) is 15.6 Å². The molecule has 1 fully saturated rings. The maximum atomic E-state index is 11.7. The lowest BCUT2D eigenvalue weighted by Crippen LogP contribution is -2.45. The molecule has 1 aliphatic rings. The second-order valence-electron chi connectivity index (χ2n) is 4.55. The SMILES string of the molecule is COc1ccc(NC(=O)CS(=O)CC2CNC2)cc1. The summed E-state index contributed by atoms with van der Waals surface area (Å²) in [5.41, 5.74) is 0.688. The van der Waals surface area contributed by atoms with E-state index < -0.39 is 10.8 Å². The van der Waals surface area contributed by atoms with Crippen molar-refractivity contribution in [1.82, 2.24) is 5.32 Å². The molecule has 1 aromatic carbocycles. The van der Waals surface area contributed by atoms with Crippen molar-refractivity contribution in [3.05, 3.63) is 24.3 Å². The fraction of sp³-hybridized carbons (Fsp3) is 0.462.